The van der Waals surface area contributed by atoms with Crippen molar-refractivity contribution in [3.8, 4) is 5.69 Å². The topological polar surface area (TPSA) is 81.8 Å². The molecule has 2 aromatic heterocycles. The van der Waals surface area contributed by atoms with E-state index in [2.05, 4.69) is 15.4 Å². The molecule has 7 nitrogen and oxygen atoms in total. The van der Waals surface area contributed by atoms with E-state index in [0.717, 1.165) is 22.9 Å². The van der Waals surface area contributed by atoms with Gasteiger partial charge in [-0.1, -0.05) is 18.2 Å². The van der Waals surface area contributed by atoms with Crippen LogP contribution in [0.1, 0.15) is 21.7 Å². The van der Waals surface area contributed by atoms with Crippen molar-refractivity contribution < 1.29 is 18.0 Å². The Hall–Kier alpha value is -3.86. The van der Waals surface area contributed by atoms with E-state index in [1.165, 1.54) is 30.8 Å². The van der Waals surface area contributed by atoms with Crippen LogP contribution < -0.4 is 10.7 Å². The summed E-state index contributed by atoms with van der Waals surface area (Å²) < 4.78 is 42.4. The molecule has 0 aliphatic heterocycles. The van der Waals surface area contributed by atoms with Gasteiger partial charge in [0.25, 0.3) is 5.91 Å². The summed E-state index contributed by atoms with van der Waals surface area (Å²) in [7, 11) is 1.84. The summed E-state index contributed by atoms with van der Waals surface area (Å²) in [4.78, 5) is 30.5. The van der Waals surface area contributed by atoms with Crippen LogP contribution in [0.2, 0.25) is 0 Å². The van der Waals surface area contributed by atoms with Crippen molar-refractivity contribution in [3.05, 3.63) is 94.2 Å². The summed E-state index contributed by atoms with van der Waals surface area (Å²) in [5.41, 5.74) is -1.16. The minimum atomic E-state index is -4.54. The van der Waals surface area contributed by atoms with Gasteiger partial charge in [0.05, 0.1) is 16.9 Å². The Bertz CT molecular complexity index is 1430. The smallest absolute Gasteiger partial charge is 0.329 e. The maximum atomic E-state index is 13.1. The van der Waals surface area contributed by atoms with E-state index < -0.39 is 28.8 Å². The normalized spacial score (nSPS) is 11.4. The third-order valence-electron chi connectivity index (χ3n) is 4.85. The summed E-state index contributed by atoms with van der Waals surface area (Å²) in [5.74, 6) is -0.779. The van der Waals surface area contributed by atoms with E-state index in [9.17, 15) is 22.8 Å². The van der Waals surface area contributed by atoms with Gasteiger partial charge < -0.3 is 9.88 Å². The highest BCUT2D eigenvalue weighted by molar-refractivity contribution is 7.99. The zero-order valence-electron chi connectivity index (χ0n) is 18.0. The summed E-state index contributed by atoms with van der Waals surface area (Å²) in [6.45, 7) is 1.52. The molecule has 0 fully saturated rings. The molecule has 4 aromatic rings. The zero-order valence-corrected chi connectivity index (χ0v) is 18.8. The minimum Gasteiger partial charge on any atom is -0.329 e. The molecule has 0 saturated carbocycles. The monoisotopic (exact) mass is 485 g/mol. The average Bonchev–Trinajstić information content (AvgIpc) is 3.19. The molecule has 0 spiro atoms. The van der Waals surface area contributed by atoms with Crippen LogP contribution in [-0.4, -0.2) is 25.2 Å². The summed E-state index contributed by atoms with van der Waals surface area (Å²) >= 11 is 1.32. The molecule has 2 aromatic carbocycles. The van der Waals surface area contributed by atoms with Crippen molar-refractivity contribution in [3.63, 3.8) is 0 Å². The Morgan fingerprint density at radius 1 is 1.09 bits per heavy atom. The van der Waals surface area contributed by atoms with Crippen LogP contribution in [0.3, 0.4) is 0 Å². The Morgan fingerprint density at radius 2 is 1.85 bits per heavy atom. The number of imidazole rings is 1. The molecule has 4 rings (SSSR count). The third kappa shape index (κ3) is 4.88. The maximum Gasteiger partial charge on any atom is 0.416 e. The molecule has 0 aliphatic carbocycles. The highest BCUT2D eigenvalue weighted by Gasteiger charge is 2.30. The van der Waals surface area contributed by atoms with Gasteiger partial charge in [0.15, 0.2) is 10.9 Å². The van der Waals surface area contributed by atoms with E-state index in [4.69, 9.17) is 0 Å². The van der Waals surface area contributed by atoms with Crippen molar-refractivity contribution >= 4 is 23.4 Å². The number of halogens is 3. The number of carbonyl (C=O) groups is 1. The van der Waals surface area contributed by atoms with E-state index in [1.54, 1.807) is 36.7 Å². The van der Waals surface area contributed by atoms with Gasteiger partial charge in [-0.25, -0.2) is 9.67 Å². The first-order valence-electron chi connectivity index (χ1n) is 9.97. The molecule has 11 heteroatoms. The van der Waals surface area contributed by atoms with E-state index in [1.807, 2.05) is 11.6 Å². The zero-order chi connectivity index (χ0) is 24.5. The lowest BCUT2D eigenvalue weighted by Crippen LogP contribution is -2.27. The van der Waals surface area contributed by atoms with Crippen molar-refractivity contribution in [1.29, 1.82) is 0 Å². The predicted molar refractivity (Wildman–Crippen MR) is 121 cm³/mol. The third-order valence-corrected chi connectivity index (χ3v) is 6.01. The molecule has 174 valence electrons. The van der Waals surface area contributed by atoms with Crippen LogP contribution in [0, 0.1) is 6.92 Å². The number of carbonyl (C=O) groups excluding carboxylic acids is 1. The molecule has 0 radical (unpaired) electrons. The van der Waals surface area contributed by atoms with Gasteiger partial charge in [-0.3, -0.25) is 9.59 Å². The molecule has 2 heterocycles. The number of aryl methyl sites for hydroxylation is 2. The van der Waals surface area contributed by atoms with Gasteiger partial charge in [-0.2, -0.15) is 18.3 Å². The molecule has 0 atom stereocenters. The predicted octanol–water partition coefficient (Wildman–Crippen LogP) is 4.70. The summed E-state index contributed by atoms with van der Waals surface area (Å²) in [6, 6.07) is 12.6. The fourth-order valence-corrected chi connectivity index (χ4v) is 4.06. The van der Waals surface area contributed by atoms with E-state index in [-0.39, 0.29) is 11.4 Å². The van der Waals surface area contributed by atoms with Crippen LogP contribution in [0.25, 0.3) is 5.69 Å². The number of aromatic nitrogens is 4. The fourth-order valence-electron chi connectivity index (χ4n) is 3.17. The SMILES string of the molecule is Cc1cc(=O)c(C(=O)Nc2ccccc2Sc2nccn2C)nn1-c1cccc(C(F)(F)F)c1. The number of alkyl halides is 3. The molecule has 0 aliphatic rings. The van der Waals surface area contributed by atoms with Gasteiger partial charge in [0, 0.05) is 36.1 Å². The van der Waals surface area contributed by atoms with Crippen molar-refractivity contribution in [2.24, 2.45) is 7.05 Å². The average molecular weight is 485 g/mol. The molecular weight excluding hydrogens is 467 g/mol. The first kappa shape index (κ1) is 23.3. The Labute approximate surface area is 196 Å². The van der Waals surface area contributed by atoms with Gasteiger partial charge >= 0.3 is 6.18 Å². The molecule has 34 heavy (non-hydrogen) atoms. The number of benzene rings is 2. The molecule has 0 bridgehead atoms. The first-order valence-corrected chi connectivity index (χ1v) is 10.8. The Morgan fingerprint density at radius 3 is 2.56 bits per heavy atom. The van der Waals surface area contributed by atoms with Gasteiger partial charge in [0.1, 0.15) is 0 Å². The second-order valence-electron chi connectivity index (χ2n) is 7.33. The number of para-hydroxylation sites is 1. The molecule has 0 saturated heterocycles. The van der Waals surface area contributed by atoms with Gasteiger partial charge in [-0.15, -0.1) is 0 Å². The lowest BCUT2D eigenvalue weighted by atomic mass is 10.2. The van der Waals surface area contributed by atoms with Crippen molar-refractivity contribution in [1.82, 2.24) is 19.3 Å². The number of anilines is 1. The van der Waals surface area contributed by atoms with E-state index in [0.29, 0.717) is 15.7 Å². The standard InChI is InChI=1S/C23H18F3N5O2S/c1-14-12-18(32)20(29-31(14)16-7-5-6-15(13-16)23(24,25)26)21(33)28-17-8-3-4-9-19(17)34-22-27-10-11-30(22)2/h3-13H,1-2H3,(H,28,33). The second-order valence-corrected chi connectivity index (χ2v) is 8.34. The maximum absolute atomic E-state index is 13.1. The molecule has 0 unspecified atom stereocenters. The fraction of sp³-hybridized carbons (Fsp3) is 0.130. The second kappa shape index (κ2) is 9.18. The van der Waals surface area contributed by atoms with Crippen molar-refractivity contribution in [2.45, 2.75) is 23.2 Å². The highest BCUT2D eigenvalue weighted by Crippen LogP contribution is 2.32. The first-order chi connectivity index (χ1) is 16.1. The van der Waals surface area contributed by atoms with E-state index >= 15 is 0 Å². The number of rotatable bonds is 5. The molecule has 1 N–H and O–H groups in total. The van der Waals surface area contributed by atoms with Crippen LogP contribution >= 0.6 is 11.8 Å². The Kier molecular flexibility index (Phi) is 6.29. The Balaban J connectivity index is 1.67. The lowest BCUT2D eigenvalue weighted by molar-refractivity contribution is -0.137. The van der Waals surface area contributed by atoms with Crippen LogP contribution in [0.4, 0.5) is 18.9 Å². The van der Waals surface area contributed by atoms with Crippen LogP contribution in [0.5, 0.6) is 0 Å². The highest BCUT2D eigenvalue weighted by atomic mass is 32.2. The largest absolute Gasteiger partial charge is 0.416 e. The summed E-state index contributed by atoms with van der Waals surface area (Å²) in [6.07, 6.45) is -1.11. The molecular formula is C23H18F3N5O2S. The summed E-state index contributed by atoms with van der Waals surface area (Å²) in [5, 5.41) is 7.46. The van der Waals surface area contributed by atoms with Crippen LogP contribution in [0.15, 0.2) is 81.8 Å². The number of nitrogens with zero attached hydrogens (tertiary/aromatic N) is 4. The van der Waals surface area contributed by atoms with Crippen molar-refractivity contribution in [2.75, 3.05) is 5.32 Å². The number of hydrogen-bond donors (Lipinski definition) is 1. The van der Waals surface area contributed by atoms with Gasteiger partial charge in [-0.05, 0) is 49.0 Å². The molecule has 1 amide bonds. The number of hydrogen-bond acceptors (Lipinski definition) is 5. The quantitative estimate of drug-likeness (QED) is 0.443. The lowest BCUT2D eigenvalue weighted by Gasteiger charge is -2.14. The number of nitrogens with one attached hydrogen (secondary N) is 1. The van der Waals surface area contributed by atoms with Gasteiger partial charge in [0.2, 0.25) is 5.43 Å². The minimum absolute atomic E-state index is 0.0760. The number of amides is 1. The van der Waals surface area contributed by atoms with Crippen LogP contribution in [-0.2, 0) is 13.2 Å².